The third kappa shape index (κ3) is 5.09. The van der Waals surface area contributed by atoms with Gasteiger partial charge in [0.25, 0.3) is 10.0 Å². The number of hydrogen-bond donors (Lipinski definition) is 1. The van der Waals surface area contributed by atoms with Crippen molar-refractivity contribution in [2.75, 3.05) is 31.2 Å². The monoisotopic (exact) mass is 482 g/mol. The van der Waals surface area contributed by atoms with E-state index in [1.165, 1.54) is 19.2 Å². The summed E-state index contributed by atoms with van der Waals surface area (Å²) in [5, 5.41) is 2.88. The minimum absolute atomic E-state index is 0.0884. The average molecular weight is 483 g/mol. The molecule has 0 spiro atoms. The highest BCUT2D eigenvalue weighted by molar-refractivity contribution is 7.92. The van der Waals surface area contributed by atoms with Gasteiger partial charge in [0.05, 0.1) is 23.7 Å². The zero-order valence-electron chi connectivity index (χ0n) is 18.9. The van der Waals surface area contributed by atoms with Crippen LogP contribution < -0.4 is 23.8 Å². The number of methoxy groups -OCH3 is 1. The number of nitrogens with one attached hydrogen (secondary N) is 1. The number of sulfonamides is 1. The number of amides is 1. The SMILES string of the molecule is COc1cccc(N(CC(=O)NC(C)c2ccc3c(c2)OCCO3)S(=O)(=O)c2ccccc2)c1. The van der Waals surface area contributed by atoms with Gasteiger partial charge >= 0.3 is 0 Å². The molecule has 1 amide bonds. The predicted octanol–water partition coefficient (Wildman–Crippen LogP) is 3.54. The van der Waals surface area contributed by atoms with Crippen LogP contribution in [0.4, 0.5) is 5.69 Å². The van der Waals surface area contributed by atoms with Crippen molar-refractivity contribution in [2.24, 2.45) is 0 Å². The highest BCUT2D eigenvalue weighted by atomic mass is 32.2. The minimum atomic E-state index is -4.01. The largest absolute Gasteiger partial charge is 0.497 e. The van der Waals surface area contributed by atoms with Crippen LogP contribution in [-0.4, -0.2) is 41.2 Å². The Morgan fingerprint density at radius 3 is 2.47 bits per heavy atom. The molecular formula is C25H26N2O6S. The molecule has 8 nitrogen and oxygen atoms in total. The van der Waals surface area contributed by atoms with Crippen molar-refractivity contribution in [3.8, 4) is 17.2 Å². The van der Waals surface area contributed by atoms with Gasteiger partial charge in [0, 0.05) is 6.07 Å². The van der Waals surface area contributed by atoms with Gasteiger partial charge in [-0.25, -0.2) is 8.42 Å². The van der Waals surface area contributed by atoms with Gasteiger partial charge in [-0.2, -0.15) is 0 Å². The van der Waals surface area contributed by atoms with Crippen molar-refractivity contribution in [2.45, 2.75) is 17.9 Å². The smallest absolute Gasteiger partial charge is 0.264 e. The molecule has 0 aromatic heterocycles. The summed E-state index contributed by atoms with van der Waals surface area (Å²) in [7, 11) is -2.51. The fourth-order valence-electron chi connectivity index (χ4n) is 3.63. The number of nitrogens with zero attached hydrogens (tertiary/aromatic N) is 1. The number of carbonyl (C=O) groups is 1. The molecule has 0 radical (unpaired) electrons. The minimum Gasteiger partial charge on any atom is -0.497 e. The highest BCUT2D eigenvalue weighted by Crippen LogP contribution is 2.33. The van der Waals surface area contributed by atoms with Gasteiger partial charge in [0.1, 0.15) is 25.5 Å². The Morgan fingerprint density at radius 2 is 1.74 bits per heavy atom. The maximum absolute atomic E-state index is 13.5. The lowest BCUT2D eigenvalue weighted by Crippen LogP contribution is -2.41. The van der Waals surface area contributed by atoms with E-state index in [4.69, 9.17) is 14.2 Å². The zero-order chi connectivity index (χ0) is 24.1. The van der Waals surface area contributed by atoms with Crippen LogP contribution >= 0.6 is 0 Å². The van der Waals surface area contributed by atoms with Crippen LogP contribution in [0.1, 0.15) is 18.5 Å². The predicted molar refractivity (Wildman–Crippen MR) is 128 cm³/mol. The van der Waals surface area contributed by atoms with E-state index >= 15 is 0 Å². The van der Waals surface area contributed by atoms with Crippen LogP contribution in [0.25, 0.3) is 0 Å². The second kappa shape index (κ2) is 10.0. The number of rotatable bonds is 8. The van der Waals surface area contributed by atoms with E-state index in [1.807, 2.05) is 19.1 Å². The lowest BCUT2D eigenvalue weighted by Gasteiger charge is -2.26. The van der Waals surface area contributed by atoms with Crippen LogP contribution in [0.15, 0.2) is 77.7 Å². The van der Waals surface area contributed by atoms with E-state index in [2.05, 4.69) is 5.32 Å². The third-order valence-electron chi connectivity index (χ3n) is 5.40. The molecule has 3 aromatic carbocycles. The number of fused-ring (bicyclic) bond motifs is 1. The molecular weight excluding hydrogens is 456 g/mol. The fourth-order valence-corrected chi connectivity index (χ4v) is 5.06. The Labute approximate surface area is 199 Å². The molecule has 0 saturated heterocycles. The Hall–Kier alpha value is -3.72. The van der Waals surface area contributed by atoms with Crippen LogP contribution in [-0.2, 0) is 14.8 Å². The first-order valence-corrected chi connectivity index (χ1v) is 12.2. The molecule has 0 saturated carbocycles. The summed E-state index contributed by atoms with van der Waals surface area (Å²) in [6.45, 7) is 2.38. The molecule has 4 rings (SSSR count). The van der Waals surface area contributed by atoms with Gasteiger partial charge in [-0.15, -0.1) is 0 Å². The normalized spacial score (nSPS) is 13.6. The second-order valence-corrected chi connectivity index (χ2v) is 9.58. The molecule has 0 bridgehead atoms. The molecule has 1 atom stereocenters. The molecule has 1 aliphatic rings. The van der Waals surface area contributed by atoms with E-state index in [1.54, 1.807) is 48.5 Å². The van der Waals surface area contributed by atoms with Crippen LogP contribution in [0.2, 0.25) is 0 Å². The maximum Gasteiger partial charge on any atom is 0.264 e. The molecule has 1 heterocycles. The molecule has 0 aliphatic carbocycles. The number of carbonyl (C=O) groups excluding carboxylic acids is 1. The van der Waals surface area contributed by atoms with Gasteiger partial charge in [0.15, 0.2) is 11.5 Å². The van der Waals surface area contributed by atoms with Crippen molar-refractivity contribution in [3.05, 3.63) is 78.4 Å². The summed E-state index contributed by atoms with van der Waals surface area (Å²) < 4.78 is 44.4. The van der Waals surface area contributed by atoms with Crippen molar-refractivity contribution in [1.29, 1.82) is 0 Å². The molecule has 178 valence electrons. The van der Waals surface area contributed by atoms with Crippen molar-refractivity contribution in [1.82, 2.24) is 5.32 Å². The molecule has 3 aromatic rings. The lowest BCUT2D eigenvalue weighted by atomic mass is 10.1. The Balaban J connectivity index is 1.58. The Morgan fingerprint density at radius 1 is 1.00 bits per heavy atom. The van der Waals surface area contributed by atoms with Crippen LogP contribution in [0.5, 0.6) is 17.2 Å². The van der Waals surface area contributed by atoms with Gasteiger partial charge in [-0.1, -0.05) is 30.3 Å². The summed E-state index contributed by atoms with van der Waals surface area (Å²) in [6, 6.07) is 19.7. The van der Waals surface area contributed by atoms with E-state index in [0.29, 0.717) is 36.1 Å². The number of benzene rings is 3. The standard InChI is InChI=1S/C25H26N2O6S/c1-18(19-11-12-23-24(15-19)33-14-13-32-23)26-25(28)17-27(20-7-6-8-21(16-20)31-2)34(29,30)22-9-4-3-5-10-22/h3-12,15-16,18H,13-14,17H2,1-2H3,(H,26,28). The summed E-state index contributed by atoms with van der Waals surface area (Å²) in [6.07, 6.45) is 0. The summed E-state index contributed by atoms with van der Waals surface area (Å²) in [5.74, 6) is 1.31. The van der Waals surface area contributed by atoms with E-state index in [0.717, 1.165) is 9.87 Å². The first kappa shape index (κ1) is 23.4. The Bertz CT molecular complexity index is 1260. The van der Waals surface area contributed by atoms with Gasteiger partial charge < -0.3 is 19.5 Å². The second-order valence-electron chi connectivity index (χ2n) is 7.72. The topological polar surface area (TPSA) is 94.2 Å². The molecule has 0 fully saturated rings. The first-order valence-electron chi connectivity index (χ1n) is 10.8. The number of hydrogen-bond acceptors (Lipinski definition) is 6. The molecule has 1 aliphatic heterocycles. The first-order chi connectivity index (χ1) is 16.4. The fraction of sp³-hybridized carbons (Fsp3) is 0.240. The van der Waals surface area contributed by atoms with Gasteiger partial charge in [0.2, 0.25) is 5.91 Å². The quantitative estimate of drug-likeness (QED) is 0.528. The summed E-state index contributed by atoms with van der Waals surface area (Å²) in [4.78, 5) is 13.1. The molecule has 1 N–H and O–H groups in total. The van der Waals surface area contributed by atoms with E-state index < -0.39 is 22.5 Å². The highest BCUT2D eigenvalue weighted by Gasteiger charge is 2.28. The van der Waals surface area contributed by atoms with E-state index in [-0.39, 0.29) is 10.9 Å². The molecule has 9 heteroatoms. The van der Waals surface area contributed by atoms with Crippen LogP contribution in [0.3, 0.4) is 0 Å². The van der Waals surface area contributed by atoms with Gasteiger partial charge in [-0.05, 0) is 48.9 Å². The van der Waals surface area contributed by atoms with Crippen molar-refractivity contribution < 1.29 is 27.4 Å². The van der Waals surface area contributed by atoms with Gasteiger partial charge in [-0.3, -0.25) is 9.10 Å². The maximum atomic E-state index is 13.5. The van der Waals surface area contributed by atoms with E-state index in [9.17, 15) is 13.2 Å². The summed E-state index contributed by atoms with van der Waals surface area (Å²) in [5.41, 5.74) is 1.14. The van der Waals surface area contributed by atoms with Crippen LogP contribution in [0, 0.1) is 0 Å². The molecule has 1 unspecified atom stereocenters. The third-order valence-corrected chi connectivity index (χ3v) is 7.19. The van der Waals surface area contributed by atoms with Crippen molar-refractivity contribution in [3.63, 3.8) is 0 Å². The zero-order valence-corrected chi connectivity index (χ0v) is 19.7. The average Bonchev–Trinajstić information content (AvgIpc) is 2.87. The molecule has 34 heavy (non-hydrogen) atoms. The Kier molecular flexibility index (Phi) is 6.93. The van der Waals surface area contributed by atoms with Crippen molar-refractivity contribution >= 4 is 21.6 Å². The number of anilines is 1. The lowest BCUT2D eigenvalue weighted by molar-refractivity contribution is -0.120. The number of ether oxygens (including phenoxy) is 3. The summed E-state index contributed by atoms with van der Waals surface area (Å²) >= 11 is 0.